The topological polar surface area (TPSA) is 31.4 Å². The van der Waals surface area contributed by atoms with Gasteiger partial charge >= 0.3 is 120 Å². The van der Waals surface area contributed by atoms with E-state index in [4.69, 9.17) is 9.47 Å². The van der Waals surface area contributed by atoms with Gasteiger partial charge in [-0.15, -0.1) is 0 Å². The first kappa shape index (κ1) is 15.3. The molecule has 1 aromatic rings. The molecule has 19 heavy (non-hydrogen) atoms. The molecule has 1 atom stereocenters. The Labute approximate surface area is 120 Å². The minimum atomic E-state index is -1.99. The molecule has 0 bridgehead atoms. The van der Waals surface area contributed by atoms with Crippen LogP contribution in [0, 0.1) is 0 Å². The third kappa shape index (κ3) is 5.04. The predicted molar refractivity (Wildman–Crippen MR) is 80.5 cm³/mol. The van der Waals surface area contributed by atoms with E-state index in [0.717, 1.165) is 26.1 Å². The van der Waals surface area contributed by atoms with Crippen LogP contribution in [0.3, 0.4) is 0 Å². The Morgan fingerprint density at radius 1 is 1.32 bits per heavy atom. The summed E-state index contributed by atoms with van der Waals surface area (Å²) in [6.07, 6.45) is 6.39. The fraction of sp³-hybridized carbons (Fsp3) is 0.667. The van der Waals surface area contributed by atoms with Crippen molar-refractivity contribution in [3.05, 3.63) is 23.9 Å². The van der Waals surface area contributed by atoms with Crippen LogP contribution in [0.2, 0.25) is 14.8 Å². The molecule has 1 unspecified atom stereocenters. The normalized spacial score (nSPS) is 20.5. The summed E-state index contributed by atoms with van der Waals surface area (Å²) in [4.78, 5) is 11.8. The molecular formula is C15H25NO2Sn. The number of hydrogen-bond acceptors (Lipinski definition) is 3. The van der Waals surface area contributed by atoms with E-state index < -0.39 is 18.4 Å². The summed E-state index contributed by atoms with van der Waals surface area (Å²) in [5.41, 5.74) is 1.26. The average molecular weight is 370 g/mol. The van der Waals surface area contributed by atoms with Crippen LogP contribution in [0.5, 0.6) is 0 Å². The van der Waals surface area contributed by atoms with Gasteiger partial charge in [0.15, 0.2) is 0 Å². The van der Waals surface area contributed by atoms with Crippen LogP contribution < -0.4 is 3.71 Å². The number of rotatable bonds is 5. The van der Waals surface area contributed by atoms with Gasteiger partial charge in [-0.3, -0.25) is 0 Å². The first-order valence-corrected chi connectivity index (χ1v) is 17.2. The molecule has 1 aliphatic heterocycles. The fourth-order valence-electron chi connectivity index (χ4n) is 2.17. The molecule has 2 heterocycles. The minimum absolute atomic E-state index is 0.0201. The molecule has 1 fully saturated rings. The van der Waals surface area contributed by atoms with Crippen molar-refractivity contribution in [1.82, 2.24) is 4.98 Å². The van der Waals surface area contributed by atoms with Crippen LogP contribution in [0.1, 0.15) is 24.8 Å². The maximum absolute atomic E-state index is 5.75. The third-order valence-electron chi connectivity index (χ3n) is 3.43. The van der Waals surface area contributed by atoms with Gasteiger partial charge in [0.05, 0.1) is 0 Å². The Balaban J connectivity index is 1.76. The van der Waals surface area contributed by atoms with Crippen molar-refractivity contribution in [1.29, 1.82) is 0 Å². The van der Waals surface area contributed by atoms with E-state index in [0.29, 0.717) is 0 Å². The van der Waals surface area contributed by atoms with Crippen LogP contribution in [0.25, 0.3) is 0 Å². The molecule has 4 heteroatoms. The molecule has 0 amide bonds. The molecule has 3 nitrogen and oxygen atoms in total. The van der Waals surface area contributed by atoms with Gasteiger partial charge in [0.2, 0.25) is 0 Å². The zero-order chi connectivity index (χ0) is 13.7. The van der Waals surface area contributed by atoms with Gasteiger partial charge in [-0.05, 0) is 0 Å². The second-order valence-electron chi connectivity index (χ2n) is 6.22. The summed E-state index contributed by atoms with van der Waals surface area (Å²) in [5, 5.41) is 0. The summed E-state index contributed by atoms with van der Waals surface area (Å²) in [5.74, 6) is 0. The monoisotopic (exact) mass is 371 g/mol. The van der Waals surface area contributed by atoms with Crippen molar-refractivity contribution >= 4 is 22.1 Å². The zero-order valence-corrected chi connectivity index (χ0v) is 15.2. The predicted octanol–water partition coefficient (Wildman–Crippen LogP) is 2.71. The van der Waals surface area contributed by atoms with Gasteiger partial charge in [0.25, 0.3) is 0 Å². The Bertz CT molecular complexity index is 380. The Morgan fingerprint density at radius 3 is 2.74 bits per heavy atom. The number of hydrogen-bond donors (Lipinski definition) is 0. The van der Waals surface area contributed by atoms with Crippen molar-refractivity contribution in [3.63, 3.8) is 0 Å². The molecule has 1 aromatic heterocycles. The molecular weight excluding hydrogens is 345 g/mol. The number of pyridine rings is 1. The van der Waals surface area contributed by atoms with Crippen molar-refractivity contribution in [3.8, 4) is 0 Å². The van der Waals surface area contributed by atoms with Crippen molar-refractivity contribution in [2.24, 2.45) is 0 Å². The van der Waals surface area contributed by atoms with E-state index >= 15 is 0 Å². The fourth-order valence-corrected chi connectivity index (χ4v) is 5.12. The standard InChI is InChI=1S/C12H16NO2.3CH3.Sn/c1-2-8-14-12(5-1)15-9-6-11-4-3-7-13-10-11;;;;/h3-4,10,12H,1-2,5-6,8-9H2;3*1H3;. The Kier molecular flexibility index (Phi) is 5.66. The van der Waals surface area contributed by atoms with Gasteiger partial charge in [-0.2, -0.15) is 0 Å². The van der Waals surface area contributed by atoms with Crippen molar-refractivity contribution in [2.75, 3.05) is 13.2 Å². The van der Waals surface area contributed by atoms with Crippen molar-refractivity contribution < 1.29 is 9.47 Å². The first-order valence-electron chi connectivity index (χ1n) is 7.24. The third-order valence-corrected chi connectivity index (χ3v) is 8.66. The van der Waals surface area contributed by atoms with Crippen molar-refractivity contribution in [2.45, 2.75) is 46.8 Å². The molecule has 0 spiro atoms. The van der Waals surface area contributed by atoms with Crippen LogP contribution >= 0.6 is 0 Å². The molecule has 106 valence electrons. The summed E-state index contributed by atoms with van der Waals surface area (Å²) in [6.45, 7) is 1.57. The molecule has 1 aliphatic rings. The number of aromatic nitrogens is 1. The van der Waals surface area contributed by atoms with Crippen LogP contribution in [0.15, 0.2) is 18.3 Å². The van der Waals surface area contributed by atoms with E-state index in [-0.39, 0.29) is 6.29 Å². The zero-order valence-electron chi connectivity index (χ0n) is 12.3. The molecule has 2 rings (SSSR count). The van der Waals surface area contributed by atoms with Gasteiger partial charge in [-0.1, -0.05) is 0 Å². The quantitative estimate of drug-likeness (QED) is 0.748. The number of nitrogens with zero attached hydrogens (tertiary/aromatic N) is 1. The summed E-state index contributed by atoms with van der Waals surface area (Å²) < 4.78 is 12.6. The summed E-state index contributed by atoms with van der Waals surface area (Å²) in [6, 6.07) is 4.41. The molecule has 0 N–H and O–H groups in total. The first-order chi connectivity index (χ1) is 9.05. The van der Waals surface area contributed by atoms with Crippen LogP contribution in [-0.4, -0.2) is 42.9 Å². The van der Waals surface area contributed by atoms with Crippen LogP contribution in [0.4, 0.5) is 0 Å². The molecule has 0 radical (unpaired) electrons. The molecule has 0 aromatic carbocycles. The van der Waals surface area contributed by atoms with Gasteiger partial charge in [0.1, 0.15) is 0 Å². The molecule has 1 saturated heterocycles. The SMILES string of the molecule is [CH3][Sn]([CH3])([CH3])[c]1ccc(CCOC2CCCCO2)cn1. The molecule has 0 saturated carbocycles. The maximum atomic E-state index is 5.75. The van der Waals surface area contributed by atoms with Gasteiger partial charge < -0.3 is 0 Å². The average Bonchev–Trinajstić information content (AvgIpc) is 2.39. The van der Waals surface area contributed by atoms with E-state index in [1.807, 2.05) is 6.20 Å². The van der Waals surface area contributed by atoms with Crippen LogP contribution in [-0.2, 0) is 15.9 Å². The Morgan fingerprint density at radius 2 is 2.16 bits per heavy atom. The van der Waals surface area contributed by atoms with Gasteiger partial charge in [-0.25, -0.2) is 0 Å². The van der Waals surface area contributed by atoms with E-state index in [1.54, 1.807) is 0 Å². The summed E-state index contributed by atoms with van der Waals surface area (Å²) in [7, 11) is 0. The van der Waals surface area contributed by atoms with E-state index in [2.05, 4.69) is 31.9 Å². The van der Waals surface area contributed by atoms with Gasteiger partial charge in [0, 0.05) is 0 Å². The summed E-state index contributed by atoms with van der Waals surface area (Å²) >= 11 is -1.99. The Hall–Kier alpha value is -0.131. The van der Waals surface area contributed by atoms with E-state index in [1.165, 1.54) is 22.1 Å². The second-order valence-corrected chi connectivity index (χ2v) is 20.5. The second kappa shape index (κ2) is 7.04. The van der Waals surface area contributed by atoms with E-state index in [9.17, 15) is 0 Å². The number of ether oxygens (including phenoxy) is 2. The molecule has 0 aliphatic carbocycles.